The lowest BCUT2D eigenvalue weighted by Crippen LogP contribution is -2.09. The number of benzene rings is 1. The first-order chi connectivity index (χ1) is 13.9. The second kappa shape index (κ2) is 7.21. The molecular formula is C21H19N7. The first kappa shape index (κ1) is 16.6. The van der Waals surface area contributed by atoms with Gasteiger partial charge in [-0.05, 0) is 23.8 Å². The van der Waals surface area contributed by atoms with E-state index in [2.05, 4.69) is 32.7 Å². The van der Waals surface area contributed by atoms with E-state index in [0.29, 0.717) is 12.4 Å². The first-order valence-corrected chi connectivity index (χ1v) is 9.19. The largest absolute Gasteiger partial charge is 0.366 e. The van der Waals surface area contributed by atoms with Crippen LogP contribution in [0.3, 0.4) is 0 Å². The van der Waals surface area contributed by atoms with Crippen molar-refractivity contribution in [2.24, 2.45) is 0 Å². The van der Waals surface area contributed by atoms with E-state index in [-0.39, 0.29) is 0 Å². The lowest BCUT2D eigenvalue weighted by atomic mass is 10.1. The second-order valence-corrected chi connectivity index (χ2v) is 6.62. The van der Waals surface area contributed by atoms with Gasteiger partial charge in [-0.15, -0.1) is 0 Å². The fourth-order valence-corrected chi connectivity index (χ4v) is 3.43. The molecule has 0 saturated carbocycles. The molecule has 2 N–H and O–H groups in total. The molecule has 7 nitrogen and oxygen atoms in total. The van der Waals surface area contributed by atoms with Crippen LogP contribution in [0.15, 0.2) is 67.5 Å². The van der Waals surface area contributed by atoms with Crippen LogP contribution in [-0.2, 0) is 19.6 Å². The van der Waals surface area contributed by atoms with Gasteiger partial charge in [0.05, 0.1) is 17.7 Å². The van der Waals surface area contributed by atoms with Crippen molar-refractivity contribution >= 4 is 5.82 Å². The van der Waals surface area contributed by atoms with E-state index in [4.69, 9.17) is 9.97 Å². The minimum Gasteiger partial charge on any atom is -0.366 e. The highest BCUT2D eigenvalue weighted by Gasteiger charge is 2.19. The van der Waals surface area contributed by atoms with Gasteiger partial charge in [-0.25, -0.2) is 15.0 Å². The number of hydrogen-bond acceptors (Lipinski definition) is 6. The molecule has 138 valence electrons. The van der Waals surface area contributed by atoms with Crippen LogP contribution >= 0.6 is 0 Å². The second-order valence-electron chi connectivity index (χ2n) is 6.62. The van der Waals surface area contributed by atoms with Crippen molar-refractivity contribution in [1.82, 2.24) is 29.8 Å². The third-order valence-electron chi connectivity index (χ3n) is 4.83. The zero-order chi connectivity index (χ0) is 18.8. The zero-order valence-electron chi connectivity index (χ0n) is 15.2. The van der Waals surface area contributed by atoms with Crippen molar-refractivity contribution in [3.05, 3.63) is 84.3 Å². The van der Waals surface area contributed by atoms with Gasteiger partial charge in [-0.1, -0.05) is 18.2 Å². The Morgan fingerprint density at radius 1 is 1.00 bits per heavy atom. The quantitative estimate of drug-likeness (QED) is 0.563. The highest BCUT2D eigenvalue weighted by molar-refractivity contribution is 5.60. The van der Waals surface area contributed by atoms with Gasteiger partial charge < -0.3 is 15.2 Å². The average molecular weight is 369 g/mol. The lowest BCUT2D eigenvalue weighted by molar-refractivity contribution is 0.758. The Hall–Kier alpha value is -3.58. The van der Waals surface area contributed by atoms with Crippen molar-refractivity contribution in [2.45, 2.75) is 19.6 Å². The third-order valence-corrected chi connectivity index (χ3v) is 4.83. The van der Waals surface area contributed by atoms with Crippen molar-refractivity contribution in [2.75, 3.05) is 5.32 Å². The van der Waals surface area contributed by atoms with Gasteiger partial charge in [0.2, 0.25) is 0 Å². The molecule has 4 aromatic rings. The molecule has 0 saturated heterocycles. The molecule has 0 amide bonds. The van der Waals surface area contributed by atoms with E-state index in [0.717, 1.165) is 41.4 Å². The number of fused-ring (bicyclic) bond motifs is 1. The number of pyridine rings is 1. The summed E-state index contributed by atoms with van der Waals surface area (Å²) in [5.41, 5.74) is 5.36. The van der Waals surface area contributed by atoms with Crippen LogP contribution in [0.1, 0.15) is 16.8 Å². The number of imidazole rings is 1. The van der Waals surface area contributed by atoms with Crippen LogP contribution in [0.5, 0.6) is 0 Å². The number of nitrogens with zero attached hydrogens (tertiary/aromatic N) is 5. The standard InChI is InChI=1S/C21H19N7/c1-2-6-19(28-9-8-23-14-28)15(4-1)11-25-21-17-12-24-13-18(17)26-20(27-21)16-5-3-7-22-10-16/h1-10,14,24H,11-13H2,(H,25,26,27). The van der Waals surface area contributed by atoms with Gasteiger partial charge >= 0.3 is 0 Å². The Bertz CT molecular complexity index is 1090. The molecule has 0 atom stereocenters. The molecule has 0 radical (unpaired) electrons. The van der Waals surface area contributed by atoms with Crippen LogP contribution in [0.2, 0.25) is 0 Å². The third kappa shape index (κ3) is 3.12. The highest BCUT2D eigenvalue weighted by atomic mass is 15.1. The summed E-state index contributed by atoms with van der Waals surface area (Å²) >= 11 is 0. The summed E-state index contributed by atoms with van der Waals surface area (Å²) in [7, 11) is 0. The molecule has 0 spiro atoms. The summed E-state index contributed by atoms with van der Waals surface area (Å²) in [5.74, 6) is 1.57. The first-order valence-electron chi connectivity index (χ1n) is 9.19. The maximum Gasteiger partial charge on any atom is 0.163 e. The molecule has 0 bridgehead atoms. The normalized spacial score (nSPS) is 12.7. The molecule has 1 aliphatic heterocycles. The Labute approximate surface area is 162 Å². The monoisotopic (exact) mass is 369 g/mol. The molecule has 1 aliphatic rings. The Morgan fingerprint density at radius 3 is 2.82 bits per heavy atom. The molecule has 0 fully saturated rings. The van der Waals surface area contributed by atoms with Gasteiger partial charge in [-0.2, -0.15) is 0 Å². The summed E-state index contributed by atoms with van der Waals surface area (Å²) in [5, 5.41) is 6.90. The Kier molecular flexibility index (Phi) is 4.27. The molecule has 1 aromatic carbocycles. The highest BCUT2D eigenvalue weighted by Crippen LogP contribution is 2.26. The summed E-state index contributed by atoms with van der Waals surface area (Å²) in [4.78, 5) is 17.9. The maximum atomic E-state index is 4.80. The van der Waals surface area contributed by atoms with E-state index in [1.54, 1.807) is 18.6 Å². The van der Waals surface area contributed by atoms with Gasteiger partial charge in [-0.3, -0.25) is 4.98 Å². The zero-order valence-corrected chi connectivity index (χ0v) is 15.2. The topological polar surface area (TPSA) is 80.6 Å². The number of rotatable bonds is 5. The van der Waals surface area contributed by atoms with E-state index < -0.39 is 0 Å². The SMILES string of the molecule is c1cncc(-c2nc3c(c(NCc4ccccc4-n4ccnc4)n2)CNC3)c1. The van der Waals surface area contributed by atoms with Crippen molar-refractivity contribution in [3.8, 4) is 17.1 Å². The minimum atomic E-state index is 0.657. The smallest absolute Gasteiger partial charge is 0.163 e. The Morgan fingerprint density at radius 2 is 1.96 bits per heavy atom. The van der Waals surface area contributed by atoms with Crippen LogP contribution < -0.4 is 10.6 Å². The predicted octanol–water partition coefficient (Wildman–Crippen LogP) is 2.94. The molecule has 0 aliphatic carbocycles. The Balaban J connectivity index is 1.48. The fourth-order valence-electron chi connectivity index (χ4n) is 3.43. The van der Waals surface area contributed by atoms with Crippen LogP contribution in [0, 0.1) is 0 Å². The number of aromatic nitrogens is 5. The van der Waals surface area contributed by atoms with Gasteiger partial charge in [0.1, 0.15) is 5.82 Å². The van der Waals surface area contributed by atoms with Gasteiger partial charge in [0.25, 0.3) is 0 Å². The minimum absolute atomic E-state index is 0.657. The van der Waals surface area contributed by atoms with Crippen LogP contribution in [-0.4, -0.2) is 24.5 Å². The van der Waals surface area contributed by atoms with E-state index >= 15 is 0 Å². The summed E-state index contributed by atoms with van der Waals surface area (Å²) < 4.78 is 2.02. The molecule has 7 heteroatoms. The lowest BCUT2D eigenvalue weighted by Gasteiger charge is -2.14. The molecule has 3 aromatic heterocycles. The van der Waals surface area contributed by atoms with Crippen molar-refractivity contribution in [1.29, 1.82) is 0 Å². The van der Waals surface area contributed by atoms with E-state index in [9.17, 15) is 0 Å². The number of anilines is 1. The van der Waals surface area contributed by atoms with E-state index in [1.165, 1.54) is 5.56 Å². The molecular weight excluding hydrogens is 350 g/mol. The molecule has 28 heavy (non-hydrogen) atoms. The summed E-state index contributed by atoms with van der Waals surface area (Å²) in [6.45, 7) is 2.18. The number of para-hydroxylation sites is 1. The van der Waals surface area contributed by atoms with Crippen molar-refractivity contribution < 1.29 is 0 Å². The summed E-state index contributed by atoms with van der Waals surface area (Å²) in [6, 6.07) is 12.2. The fraction of sp³-hybridized carbons (Fsp3) is 0.143. The van der Waals surface area contributed by atoms with Crippen LogP contribution in [0.25, 0.3) is 17.1 Å². The molecule has 4 heterocycles. The number of hydrogen-bond donors (Lipinski definition) is 2. The van der Waals surface area contributed by atoms with Gasteiger partial charge in [0, 0.05) is 55.5 Å². The predicted molar refractivity (Wildman–Crippen MR) is 107 cm³/mol. The number of nitrogens with one attached hydrogen (secondary N) is 2. The maximum absolute atomic E-state index is 4.80. The average Bonchev–Trinajstić information content (AvgIpc) is 3.45. The van der Waals surface area contributed by atoms with E-state index in [1.807, 2.05) is 41.4 Å². The van der Waals surface area contributed by atoms with Gasteiger partial charge in [0.15, 0.2) is 5.82 Å². The van der Waals surface area contributed by atoms with Crippen molar-refractivity contribution in [3.63, 3.8) is 0 Å². The molecule has 0 unspecified atom stereocenters. The van der Waals surface area contributed by atoms with Crippen LogP contribution in [0.4, 0.5) is 5.82 Å². The summed E-state index contributed by atoms with van der Waals surface area (Å²) in [6.07, 6.45) is 9.09. The molecule has 5 rings (SSSR count).